The number of ether oxygens (including phenoxy) is 1. The number of esters is 1. The molecular weight excluding hydrogens is 369 g/mol. The Balaban J connectivity index is 2.86. The largest absolute Gasteiger partial charge is 0.466 e. The van der Waals surface area contributed by atoms with Crippen molar-refractivity contribution in [3.63, 3.8) is 0 Å². The molecule has 0 bridgehead atoms. The number of halogens is 1. The summed E-state index contributed by atoms with van der Waals surface area (Å²) in [7, 11) is 0. The molecule has 3 atom stereocenters. The van der Waals surface area contributed by atoms with Gasteiger partial charge in [-0.25, -0.2) is 4.39 Å². The summed E-state index contributed by atoms with van der Waals surface area (Å²) in [5.74, 6) is -3.49. The van der Waals surface area contributed by atoms with E-state index in [2.05, 4.69) is 10.6 Å². The number of nitrogens with two attached hydrogens (primary N) is 1. The lowest BCUT2D eigenvalue weighted by molar-refractivity contribution is -0.148. The minimum absolute atomic E-state index is 0.0384. The van der Waals surface area contributed by atoms with Crippen LogP contribution >= 0.6 is 0 Å². The molecule has 0 aliphatic carbocycles. The third kappa shape index (κ3) is 7.73. The Morgan fingerprint density at radius 1 is 1.11 bits per heavy atom. The molecule has 0 spiro atoms. The Morgan fingerprint density at radius 2 is 1.71 bits per heavy atom. The van der Waals surface area contributed by atoms with Crippen molar-refractivity contribution in [3.05, 3.63) is 35.6 Å². The standard InChI is InChI=1S/C19H26FN3O5/c1-4-28-19(27)11(2)9-15(17(21)25)23-18(26)16(22-12(3)24)10-13-5-7-14(20)8-6-13/h5-8,11,15-16H,4,9-10H2,1-3H3,(H2,21,25)(H,22,24)(H,23,26)/t11-,15-,16+/m0/s1. The van der Waals surface area contributed by atoms with Gasteiger partial charge in [-0.2, -0.15) is 0 Å². The minimum Gasteiger partial charge on any atom is -0.466 e. The van der Waals surface area contributed by atoms with Gasteiger partial charge in [0.1, 0.15) is 17.9 Å². The van der Waals surface area contributed by atoms with Crippen molar-refractivity contribution < 1.29 is 28.3 Å². The lowest BCUT2D eigenvalue weighted by Crippen LogP contribution is -2.54. The minimum atomic E-state index is -1.11. The third-order valence-corrected chi connectivity index (χ3v) is 3.99. The van der Waals surface area contributed by atoms with Crippen molar-refractivity contribution in [1.82, 2.24) is 10.6 Å². The molecule has 1 aromatic rings. The highest BCUT2D eigenvalue weighted by Crippen LogP contribution is 2.10. The van der Waals surface area contributed by atoms with Crippen LogP contribution in [-0.4, -0.2) is 42.4 Å². The fourth-order valence-electron chi connectivity index (χ4n) is 2.56. The van der Waals surface area contributed by atoms with Crippen molar-refractivity contribution in [1.29, 1.82) is 0 Å². The average molecular weight is 395 g/mol. The predicted octanol–water partition coefficient (Wildman–Crippen LogP) is 0.432. The van der Waals surface area contributed by atoms with E-state index in [0.717, 1.165) is 0 Å². The van der Waals surface area contributed by atoms with Crippen LogP contribution in [-0.2, 0) is 30.3 Å². The van der Waals surface area contributed by atoms with Crippen LogP contribution in [0.2, 0.25) is 0 Å². The molecule has 3 amide bonds. The van der Waals surface area contributed by atoms with Gasteiger partial charge in [-0.05, 0) is 31.0 Å². The fourth-order valence-corrected chi connectivity index (χ4v) is 2.56. The number of hydrogen-bond donors (Lipinski definition) is 3. The zero-order valence-corrected chi connectivity index (χ0v) is 16.2. The number of hydrogen-bond acceptors (Lipinski definition) is 5. The fraction of sp³-hybridized carbons (Fsp3) is 0.474. The van der Waals surface area contributed by atoms with Gasteiger partial charge in [0.25, 0.3) is 0 Å². The molecule has 1 rings (SSSR count). The monoisotopic (exact) mass is 395 g/mol. The molecule has 0 aliphatic rings. The highest BCUT2D eigenvalue weighted by molar-refractivity contribution is 5.91. The van der Waals surface area contributed by atoms with E-state index in [0.29, 0.717) is 5.56 Å². The van der Waals surface area contributed by atoms with Crippen LogP contribution in [0.4, 0.5) is 4.39 Å². The van der Waals surface area contributed by atoms with Crippen LogP contribution in [0.25, 0.3) is 0 Å². The Kier molecular flexibility index (Phi) is 9.07. The Hall–Kier alpha value is -2.97. The summed E-state index contributed by atoms with van der Waals surface area (Å²) in [5.41, 5.74) is 5.96. The third-order valence-electron chi connectivity index (χ3n) is 3.99. The zero-order valence-electron chi connectivity index (χ0n) is 16.2. The van der Waals surface area contributed by atoms with E-state index in [-0.39, 0.29) is 19.4 Å². The topological polar surface area (TPSA) is 128 Å². The summed E-state index contributed by atoms with van der Waals surface area (Å²) in [6.45, 7) is 4.66. The second-order valence-electron chi connectivity index (χ2n) is 6.44. The number of benzene rings is 1. The summed E-state index contributed by atoms with van der Waals surface area (Å²) in [5, 5.41) is 4.97. The Morgan fingerprint density at radius 3 is 2.21 bits per heavy atom. The van der Waals surface area contributed by atoms with Gasteiger partial charge in [-0.15, -0.1) is 0 Å². The number of carbonyl (C=O) groups excluding carboxylic acids is 4. The second-order valence-corrected chi connectivity index (χ2v) is 6.44. The van der Waals surface area contributed by atoms with Gasteiger partial charge in [-0.3, -0.25) is 19.2 Å². The first-order valence-corrected chi connectivity index (χ1v) is 8.91. The van der Waals surface area contributed by atoms with Crippen LogP contribution in [0.1, 0.15) is 32.8 Å². The lowest BCUT2D eigenvalue weighted by Gasteiger charge is -2.23. The summed E-state index contributed by atoms with van der Waals surface area (Å²) < 4.78 is 17.9. The van der Waals surface area contributed by atoms with Crippen molar-refractivity contribution in [2.24, 2.45) is 11.7 Å². The summed E-state index contributed by atoms with van der Waals surface area (Å²) in [6.07, 6.45) is 0.0495. The Bertz CT molecular complexity index is 708. The maximum atomic E-state index is 13.1. The van der Waals surface area contributed by atoms with E-state index < -0.39 is 47.5 Å². The lowest BCUT2D eigenvalue weighted by atomic mass is 10.00. The van der Waals surface area contributed by atoms with Crippen LogP contribution < -0.4 is 16.4 Å². The van der Waals surface area contributed by atoms with Gasteiger partial charge in [0.2, 0.25) is 17.7 Å². The summed E-state index contributed by atoms with van der Waals surface area (Å²) >= 11 is 0. The van der Waals surface area contributed by atoms with Crippen molar-refractivity contribution in [3.8, 4) is 0 Å². The van der Waals surface area contributed by atoms with E-state index in [4.69, 9.17) is 10.5 Å². The molecule has 154 valence electrons. The maximum absolute atomic E-state index is 13.1. The molecule has 0 aromatic heterocycles. The SMILES string of the molecule is CCOC(=O)[C@@H](C)C[C@H](NC(=O)[C@@H](Cc1ccc(F)cc1)NC(C)=O)C(N)=O. The molecule has 0 fully saturated rings. The molecule has 0 saturated heterocycles. The van der Waals surface area contributed by atoms with Gasteiger partial charge < -0.3 is 21.1 Å². The number of rotatable bonds is 10. The number of nitrogens with one attached hydrogen (secondary N) is 2. The van der Waals surface area contributed by atoms with E-state index in [1.54, 1.807) is 13.8 Å². The molecule has 0 radical (unpaired) electrons. The van der Waals surface area contributed by atoms with Crippen LogP contribution in [0.3, 0.4) is 0 Å². The first-order valence-electron chi connectivity index (χ1n) is 8.91. The molecule has 9 heteroatoms. The van der Waals surface area contributed by atoms with E-state index in [1.165, 1.54) is 31.2 Å². The van der Waals surface area contributed by atoms with Gasteiger partial charge in [0, 0.05) is 13.3 Å². The average Bonchev–Trinajstić information content (AvgIpc) is 2.61. The van der Waals surface area contributed by atoms with Crippen LogP contribution in [0, 0.1) is 11.7 Å². The summed E-state index contributed by atoms with van der Waals surface area (Å²) in [6, 6.07) is 3.35. The van der Waals surface area contributed by atoms with Crippen molar-refractivity contribution in [2.75, 3.05) is 6.61 Å². The molecule has 28 heavy (non-hydrogen) atoms. The first kappa shape index (κ1) is 23.1. The van der Waals surface area contributed by atoms with Crippen molar-refractivity contribution >= 4 is 23.7 Å². The summed E-state index contributed by atoms with van der Waals surface area (Å²) in [4.78, 5) is 47.6. The van der Waals surface area contributed by atoms with Crippen molar-refractivity contribution in [2.45, 2.75) is 45.7 Å². The molecule has 8 nitrogen and oxygen atoms in total. The first-order chi connectivity index (χ1) is 13.1. The van der Waals surface area contributed by atoms with Gasteiger partial charge in [0.05, 0.1) is 12.5 Å². The van der Waals surface area contributed by atoms with Crippen LogP contribution in [0.5, 0.6) is 0 Å². The molecule has 0 saturated carbocycles. The van der Waals surface area contributed by atoms with E-state index in [1.807, 2.05) is 0 Å². The quantitative estimate of drug-likeness (QED) is 0.495. The molecule has 0 aliphatic heterocycles. The van der Waals surface area contributed by atoms with Gasteiger partial charge in [-0.1, -0.05) is 19.1 Å². The molecule has 0 unspecified atom stereocenters. The number of carbonyl (C=O) groups is 4. The number of amides is 3. The smallest absolute Gasteiger partial charge is 0.308 e. The molecule has 0 heterocycles. The number of primary amides is 1. The van der Waals surface area contributed by atoms with Gasteiger partial charge in [0.15, 0.2) is 0 Å². The normalized spacial score (nSPS) is 13.7. The maximum Gasteiger partial charge on any atom is 0.308 e. The zero-order chi connectivity index (χ0) is 21.3. The molecule has 1 aromatic carbocycles. The second kappa shape index (κ2) is 11.0. The van der Waals surface area contributed by atoms with Crippen LogP contribution in [0.15, 0.2) is 24.3 Å². The molecular formula is C19H26FN3O5. The Labute approximate surface area is 163 Å². The van der Waals surface area contributed by atoms with E-state index >= 15 is 0 Å². The van der Waals surface area contributed by atoms with Gasteiger partial charge >= 0.3 is 5.97 Å². The van der Waals surface area contributed by atoms with E-state index in [9.17, 15) is 23.6 Å². The molecule has 4 N–H and O–H groups in total. The highest BCUT2D eigenvalue weighted by Gasteiger charge is 2.28. The predicted molar refractivity (Wildman–Crippen MR) is 99.2 cm³/mol. The highest BCUT2D eigenvalue weighted by atomic mass is 19.1.